The van der Waals surface area contributed by atoms with Gasteiger partial charge in [-0.3, -0.25) is 4.99 Å². The molecular weight excluding hydrogens is 507 g/mol. The van der Waals surface area contributed by atoms with E-state index in [1.54, 1.807) is 6.07 Å². The zero-order chi connectivity index (χ0) is 18.4. The summed E-state index contributed by atoms with van der Waals surface area (Å²) in [6.45, 7) is 4.60. The smallest absolute Gasteiger partial charge is 0.250 e. The maximum absolute atomic E-state index is 12.0. The maximum Gasteiger partial charge on any atom is 0.250 e. The summed E-state index contributed by atoms with van der Waals surface area (Å²) in [7, 11) is -3.56. The Balaban J connectivity index is 0.00000338. The van der Waals surface area contributed by atoms with Gasteiger partial charge in [0.2, 0.25) is 10.0 Å². The second-order valence-corrected chi connectivity index (χ2v) is 9.34. The van der Waals surface area contributed by atoms with Crippen LogP contribution in [0.3, 0.4) is 0 Å². The molecule has 144 valence electrons. The molecule has 0 saturated carbocycles. The van der Waals surface area contributed by atoms with Gasteiger partial charge in [-0.05, 0) is 35.7 Å². The topological polar surface area (TPSA) is 96.6 Å². The predicted molar refractivity (Wildman–Crippen MR) is 121 cm³/mol. The molecule has 10 heteroatoms. The monoisotopic (exact) mass is 528 g/mol. The lowest BCUT2D eigenvalue weighted by Crippen LogP contribution is -2.28. The molecule has 2 aromatic rings. The number of benzene rings is 1. The van der Waals surface area contributed by atoms with E-state index in [4.69, 9.17) is 17.3 Å². The Morgan fingerprint density at radius 1 is 1.31 bits per heavy atom. The van der Waals surface area contributed by atoms with Gasteiger partial charge in [-0.15, -0.1) is 35.3 Å². The van der Waals surface area contributed by atoms with Crippen molar-refractivity contribution in [3.05, 3.63) is 46.3 Å². The van der Waals surface area contributed by atoms with Crippen LogP contribution in [-0.2, 0) is 10.0 Å². The van der Waals surface area contributed by atoms with Crippen LogP contribution in [0.4, 0.5) is 5.69 Å². The van der Waals surface area contributed by atoms with Crippen molar-refractivity contribution in [2.75, 3.05) is 18.4 Å². The number of rotatable bonds is 7. The molecule has 0 fully saturated rings. The first-order valence-corrected chi connectivity index (χ1v) is 10.4. The summed E-state index contributed by atoms with van der Waals surface area (Å²) in [5, 5.41) is 3.00. The molecular formula is C16H22ClIN4O2S2. The number of sulfonamides is 1. The van der Waals surface area contributed by atoms with E-state index in [0.717, 1.165) is 17.0 Å². The molecule has 2 rings (SSSR count). The van der Waals surface area contributed by atoms with Crippen LogP contribution in [0.25, 0.3) is 0 Å². The Bertz CT molecular complexity index is 853. The van der Waals surface area contributed by atoms with Gasteiger partial charge in [0.05, 0.1) is 10.9 Å². The molecule has 0 aliphatic carbocycles. The summed E-state index contributed by atoms with van der Waals surface area (Å²) in [6, 6.07) is 10.9. The van der Waals surface area contributed by atoms with Crippen LogP contribution in [-0.4, -0.2) is 27.5 Å². The van der Waals surface area contributed by atoms with E-state index in [-0.39, 0.29) is 47.2 Å². The fourth-order valence-corrected chi connectivity index (χ4v) is 4.58. The number of guanidine groups is 1. The lowest BCUT2D eigenvalue weighted by atomic mass is 10.0. The molecule has 0 bridgehead atoms. The van der Waals surface area contributed by atoms with E-state index in [1.807, 2.05) is 18.2 Å². The molecule has 0 unspecified atom stereocenters. The molecule has 0 aliphatic rings. The van der Waals surface area contributed by atoms with Gasteiger partial charge in [-0.1, -0.05) is 37.6 Å². The Hall–Kier alpha value is -0.880. The van der Waals surface area contributed by atoms with Crippen molar-refractivity contribution < 1.29 is 8.42 Å². The highest BCUT2D eigenvalue weighted by atomic mass is 127. The molecule has 6 nitrogen and oxygen atoms in total. The molecule has 0 saturated heterocycles. The van der Waals surface area contributed by atoms with Crippen LogP contribution in [0.15, 0.2) is 45.6 Å². The van der Waals surface area contributed by atoms with Gasteiger partial charge >= 0.3 is 0 Å². The van der Waals surface area contributed by atoms with Crippen LogP contribution >= 0.6 is 46.9 Å². The van der Waals surface area contributed by atoms with E-state index in [2.05, 4.69) is 34.9 Å². The summed E-state index contributed by atoms with van der Waals surface area (Å²) in [6.07, 6.45) is 0. The number of halogens is 2. The number of hydrogen-bond acceptors (Lipinski definition) is 4. The van der Waals surface area contributed by atoms with Crippen molar-refractivity contribution in [1.29, 1.82) is 0 Å². The second-order valence-electron chi connectivity index (χ2n) is 5.63. The van der Waals surface area contributed by atoms with Gasteiger partial charge < -0.3 is 11.1 Å². The summed E-state index contributed by atoms with van der Waals surface area (Å²) < 4.78 is 27.1. The quantitative estimate of drug-likeness (QED) is 0.220. The molecule has 1 aromatic heterocycles. The van der Waals surface area contributed by atoms with Gasteiger partial charge in [0, 0.05) is 12.2 Å². The average molecular weight is 529 g/mol. The summed E-state index contributed by atoms with van der Waals surface area (Å²) in [4.78, 5) is 4.13. The SMILES string of the molecule is CC(C)c1cccc(NC(N)=NCCNS(=O)(=O)c2ccc(Cl)s2)c1.I. The number of hydrogen-bond donors (Lipinski definition) is 3. The standard InChI is InChI=1S/C16H21ClN4O2S2.HI/c1-11(2)12-4-3-5-13(10-12)21-16(18)19-8-9-20-25(22,23)15-7-6-14(17)24-15;/h3-7,10-11,20H,8-9H2,1-2H3,(H3,18,19,21);1H. The number of anilines is 1. The molecule has 0 amide bonds. The van der Waals surface area contributed by atoms with Gasteiger partial charge in [-0.2, -0.15) is 0 Å². The zero-order valence-electron chi connectivity index (χ0n) is 14.4. The highest BCUT2D eigenvalue weighted by Gasteiger charge is 2.15. The normalized spacial score (nSPS) is 12.1. The van der Waals surface area contributed by atoms with Gasteiger partial charge in [0.25, 0.3) is 0 Å². The van der Waals surface area contributed by atoms with Crippen LogP contribution in [0.2, 0.25) is 4.34 Å². The Kier molecular flexibility index (Phi) is 9.31. The van der Waals surface area contributed by atoms with Crippen molar-refractivity contribution in [3.8, 4) is 0 Å². The first-order chi connectivity index (χ1) is 11.8. The predicted octanol–water partition coefficient (Wildman–Crippen LogP) is 3.85. The van der Waals surface area contributed by atoms with Crippen LogP contribution in [0, 0.1) is 0 Å². The minimum atomic E-state index is -3.56. The Labute approximate surface area is 180 Å². The molecule has 1 aromatic carbocycles. The molecule has 0 atom stereocenters. The first-order valence-electron chi connectivity index (χ1n) is 7.70. The fraction of sp³-hybridized carbons (Fsp3) is 0.312. The first kappa shape index (κ1) is 23.2. The maximum atomic E-state index is 12.0. The fourth-order valence-electron chi connectivity index (χ4n) is 2.03. The lowest BCUT2D eigenvalue weighted by molar-refractivity contribution is 0.584. The van der Waals surface area contributed by atoms with Crippen molar-refractivity contribution >= 4 is 68.6 Å². The summed E-state index contributed by atoms with van der Waals surface area (Å²) in [5.41, 5.74) is 7.89. The van der Waals surface area contributed by atoms with E-state index in [0.29, 0.717) is 10.3 Å². The van der Waals surface area contributed by atoms with E-state index < -0.39 is 10.0 Å². The third kappa shape index (κ3) is 7.03. The van der Waals surface area contributed by atoms with Crippen molar-refractivity contribution in [3.63, 3.8) is 0 Å². The largest absolute Gasteiger partial charge is 0.370 e. The van der Waals surface area contributed by atoms with Crippen LogP contribution in [0.5, 0.6) is 0 Å². The van der Waals surface area contributed by atoms with Crippen LogP contribution < -0.4 is 15.8 Å². The van der Waals surface area contributed by atoms with Crippen molar-refractivity contribution in [1.82, 2.24) is 4.72 Å². The minimum Gasteiger partial charge on any atom is -0.370 e. The van der Waals surface area contributed by atoms with Crippen LogP contribution in [0.1, 0.15) is 25.3 Å². The number of thiophene rings is 1. The third-order valence-corrected chi connectivity index (χ3v) is 6.51. The Morgan fingerprint density at radius 3 is 2.65 bits per heavy atom. The third-order valence-electron chi connectivity index (χ3n) is 3.33. The molecule has 0 radical (unpaired) electrons. The highest BCUT2D eigenvalue weighted by Crippen LogP contribution is 2.25. The summed E-state index contributed by atoms with van der Waals surface area (Å²) in [5.74, 6) is 0.652. The number of nitrogens with two attached hydrogens (primary N) is 1. The van der Waals surface area contributed by atoms with Gasteiger partial charge in [0.1, 0.15) is 4.21 Å². The Morgan fingerprint density at radius 2 is 2.04 bits per heavy atom. The van der Waals surface area contributed by atoms with Crippen molar-refractivity contribution in [2.45, 2.75) is 24.0 Å². The van der Waals surface area contributed by atoms with Crippen molar-refractivity contribution in [2.24, 2.45) is 10.7 Å². The molecule has 26 heavy (non-hydrogen) atoms. The summed E-state index contributed by atoms with van der Waals surface area (Å²) >= 11 is 6.76. The molecule has 4 N–H and O–H groups in total. The van der Waals surface area contributed by atoms with E-state index in [9.17, 15) is 8.42 Å². The minimum absolute atomic E-state index is 0. The van der Waals surface area contributed by atoms with E-state index >= 15 is 0 Å². The van der Waals surface area contributed by atoms with Gasteiger partial charge in [0.15, 0.2) is 5.96 Å². The van der Waals surface area contributed by atoms with Gasteiger partial charge in [-0.25, -0.2) is 13.1 Å². The molecule has 0 aliphatic heterocycles. The molecule has 0 spiro atoms. The zero-order valence-corrected chi connectivity index (χ0v) is 19.1. The molecule has 1 heterocycles. The second kappa shape index (κ2) is 10.5. The average Bonchev–Trinajstić information content (AvgIpc) is 2.99. The lowest BCUT2D eigenvalue weighted by Gasteiger charge is -2.10. The number of aliphatic imine (C=N–C) groups is 1. The highest BCUT2D eigenvalue weighted by molar-refractivity contribution is 14.0. The number of nitrogens with one attached hydrogen (secondary N) is 2. The van der Waals surface area contributed by atoms with E-state index in [1.165, 1.54) is 11.6 Å². The number of nitrogens with zero attached hydrogens (tertiary/aromatic N) is 1.